The van der Waals surface area contributed by atoms with Gasteiger partial charge in [-0.1, -0.05) is 42.8 Å². The van der Waals surface area contributed by atoms with Crippen molar-refractivity contribution in [2.24, 2.45) is 0 Å². The number of amides is 1. The molecule has 0 heterocycles. The second kappa shape index (κ2) is 8.99. The van der Waals surface area contributed by atoms with E-state index in [1.165, 1.54) is 4.31 Å². The van der Waals surface area contributed by atoms with Crippen molar-refractivity contribution in [3.05, 3.63) is 64.2 Å². The van der Waals surface area contributed by atoms with Gasteiger partial charge in [0.15, 0.2) is 0 Å². The topological polar surface area (TPSA) is 66.5 Å². The molecular formula is C23H32N2O3S. The molecule has 0 unspecified atom stereocenters. The quantitative estimate of drug-likeness (QED) is 0.730. The first-order chi connectivity index (χ1) is 13.5. The smallest absolute Gasteiger partial charge is 0.244 e. The highest BCUT2D eigenvalue weighted by atomic mass is 32.2. The molecule has 2 rings (SSSR count). The van der Waals surface area contributed by atoms with Crippen LogP contribution in [0.25, 0.3) is 0 Å². The molecule has 0 spiro atoms. The van der Waals surface area contributed by atoms with Crippen LogP contribution >= 0.6 is 0 Å². The first kappa shape index (κ1) is 22.9. The minimum atomic E-state index is -3.66. The molecule has 2 atom stereocenters. The molecule has 0 fully saturated rings. The molecule has 2 aromatic rings. The summed E-state index contributed by atoms with van der Waals surface area (Å²) in [5, 5.41) is 3.03. The molecule has 2 aromatic carbocycles. The van der Waals surface area contributed by atoms with Gasteiger partial charge in [0.2, 0.25) is 15.9 Å². The van der Waals surface area contributed by atoms with E-state index in [-0.39, 0.29) is 11.9 Å². The number of nitrogens with one attached hydrogen (secondary N) is 1. The number of anilines is 1. The Labute approximate surface area is 175 Å². The van der Waals surface area contributed by atoms with Gasteiger partial charge in [0.1, 0.15) is 6.04 Å². The van der Waals surface area contributed by atoms with Crippen molar-refractivity contribution in [2.75, 3.05) is 10.6 Å². The van der Waals surface area contributed by atoms with Gasteiger partial charge in [-0.15, -0.1) is 0 Å². The van der Waals surface area contributed by atoms with Crippen LogP contribution in [0.1, 0.15) is 54.1 Å². The number of nitrogens with zero attached hydrogens (tertiary/aromatic N) is 1. The van der Waals surface area contributed by atoms with Crippen LogP contribution in [0.2, 0.25) is 0 Å². The zero-order valence-electron chi connectivity index (χ0n) is 18.4. The van der Waals surface area contributed by atoms with Crippen molar-refractivity contribution in [3.63, 3.8) is 0 Å². The predicted molar refractivity (Wildman–Crippen MR) is 120 cm³/mol. The van der Waals surface area contributed by atoms with Crippen molar-refractivity contribution in [1.82, 2.24) is 5.32 Å². The van der Waals surface area contributed by atoms with Crippen molar-refractivity contribution in [2.45, 2.75) is 60.0 Å². The number of aryl methyl sites for hydroxylation is 4. The van der Waals surface area contributed by atoms with Crippen LogP contribution in [0, 0.1) is 27.7 Å². The van der Waals surface area contributed by atoms with E-state index in [4.69, 9.17) is 0 Å². The van der Waals surface area contributed by atoms with Gasteiger partial charge in [-0.05, 0) is 69.4 Å². The number of sulfonamides is 1. The van der Waals surface area contributed by atoms with E-state index in [9.17, 15) is 13.2 Å². The molecule has 0 aliphatic rings. The van der Waals surface area contributed by atoms with Crippen molar-refractivity contribution < 1.29 is 13.2 Å². The molecule has 0 aliphatic carbocycles. The third kappa shape index (κ3) is 5.38. The van der Waals surface area contributed by atoms with Gasteiger partial charge in [-0.25, -0.2) is 8.42 Å². The van der Waals surface area contributed by atoms with Crippen LogP contribution in [0.15, 0.2) is 36.4 Å². The molecule has 6 heteroatoms. The summed E-state index contributed by atoms with van der Waals surface area (Å²) in [5.41, 5.74) is 5.55. The van der Waals surface area contributed by atoms with Crippen molar-refractivity contribution in [1.29, 1.82) is 0 Å². The number of hydrogen-bond acceptors (Lipinski definition) is 3. The molecule has 0 aromatic heterocycles. The van der Waals surface area contributed by atoms with Crippen LogP contribution in [-0.2, 0) is 14.8 Å². The Morgan fingerprint density at radius 2 is 1.55 bits per heavy atom. The van der Waals surface area contributed by atoms with Crippen molar-refractivity contribution >= 4 is 21.6 Å². The largest absolute Gasteiger partial charge is 0.348 e. The van der Waals surface area contributed by atoms with Crippen LogP contribution in [0.4, 0.5) is 5.69 Å². The lowest BCUT2D eigenvalue weighted by molar-refractivity contribution is -0.122. The molecule has 0 aliphatic heterocycles. The summed E-state index contributed by atoms with van der Waals surface area (Å²) in [6.07, 6.45) is 1.52. The maximum atomic E-state index is 13.2. The summed E-state index contributed by atoms with van der Waals surface area (Å²) in [5.74, 6) is -0.299. The minimum absolute atomic E-state index is 0.225. The Bertz CT molecular complexity index is 999. The summed E-state index contributed by atoms with van der Waals surface area (Å²) in [7, 11) is -3.66. The second-order valence-corrected chi connectivity index (χ2v) is 9.72. The Hall–Kier alpha value is -2.34. The number of carbonyl (C=O) groups is 1. The summed E-state index contributed by atoms with van der Waals surface area (Å²) in [6.45, 7) is 11.5. The SMILES string of the molecule is CC[C@@H](C(=O)N[C@@H](C)c1cc(C)ccc1C)N(c1cc(C)ccc1C)S(C)(=O)=O. The maximum absolute atomic E-state index is 13.2. The average Bonchev–Trinajstić information content (AvgIpc) is 2.62. The van der Waals surface area contributed by atoms with E-state index in [2.05, 4.69) is 11.4 Å². The maximum Gasteiger partial charge on any atom is 0.244 e. The number of carbonyl (C=O) groups excluding carboxylic acids is 1. The predicted octanol–water partition coefficient (Wildman–Crippen LogP) is 4.34. The highest BCUT2D eigenvalue weighted by molar-refractivity contribution is 7.92. The summed E-state index contributed by atoms with van der Waals surface area (Å²) < 4.78 is 26.7. The normalized spacial score (nSPS) is 13.6. The van der Waals surface area contributed by atoms with Crippen LogP contribution < -0.4 is 9.62 Å². The zero-order valence-corrected chi connectivity index (χ0v) is 19.2. The molecular weight excluding hydrogens is 384 g/mol. The van der Waals surface area contributed by atoms with Gasteiger partial charge in [-0.3, -0.25) is 9.10 Å². The minimum Gasteiger partial charge on any atom is -0.348 e. The molecule has 0 bridgehead atoms. The lowest BCUT2D eigenvalue weighted by Crippen LogP contribution is -2.50. The lowest BCUT2D eigenvalue weighted by Gasteiger charge is -2.32. The van der Waals surface area contributed by atoms with E-state index in [0.29, 0.717) is 12.1 Å². The first-order valence-corrected chi connectivity index (χ1v) is 11.7. The molecule has 0 saturated heterocycles. The summed E-state index contributed by atoms with van der Waals surface area (Å²) >= 11 is 0. The fraction of sp³-hybridized carbons (Fsp3) is 0.435. The van der Waals surface area contributed by atoms with Gasteiger partial charge < -0.3 is 5.32 Å². The highest BCUT2D eigenvalue weighted by Crippen LogP contribution is 2.28. The first-order valence-electron chi connectivity index (χ1n) is 9.89. The zero-order chi connectivity index (χ0) is 21.9. The fourth-order valence-electron chi connectivity index (χ4n) is 3.61. The van der Waals surface area contributed by atoms with Gasteiger partial charge in [0.25, 0.3) is 0 Å². The second-order valence-electron chi connectivity index (χ2n) is 7.86. The Morgan fingerprint density at radius 3 is 2.10 bits per heavy atom. The van der Waals surface area contributed by atoms with Crippen LogP contribution in [0.5, 0.6) is 0 Å². The number of rotatable bonds is 7. The standard InChI is InChI=1S/C23H32N2O3S/c1-8-21(23(26)24-19(6)20-13-15(2)9-11-17(20)4)25(29(7,27)28)22-14-16(3)10-12-18(22)5/h9-14,19,21H,8H2,1-7H3,(H,24,26)/t19-,21-/m0/s1. The third-order valence-corrected chi connectivity index (χ3v) is 6.36. The van der Waals surface area contributed by atoms with Crippen molar-refractivity contribution in [3.8, 4) is 0 Å². The number of hydrogen-bond donors (Lipinski definition) is 1. The molecule has 0 radical (unpaired) electrons. The molecule has 0 saturated carbocycles. The summed E-state index contributed by atoms with van der Waals surface area (Å²) in [4.78, 5) is 13.2. The molecule has 1 N–H and O–H groups in total. The Balaban J connectivity index is 2.41. The van der Waals surface area contributed by atoms with E-state index < -0.39 is 16.1 Å². The van der Waals surface area contributed by atoms with Gasteiger partial charge in [0, 0.05) is 0 Å². The van der Waals surface area contributed by atoms with E-state index in [1.54, 1.807) is 0 Å². The Morgan fingerprint density at radius 1 is 1.00 bits per heavy atom. The fourth-order valence-corrected chi connectivity index (χ4v) is 4.87. The highest BCUT2D eigenvalue weighted by Gasteiger charge is 2.33. The van der Waals surface area contributed by atoms with E-state index >= 15 is 0 Å². The molecule has 158 valence electrons. The van der Waals surface area contributed by atoms with E-state index in [1.807, 2.05) is 71.9 Å². The van der Waals surface area contributed by atoms with E-state index in [0.717, 1.165) is 34.1 Å². The Kier molecular flexibility index (Phi) is 7.11. The monoisotopic (exact) mass is 416 g/mol. The number of benzene rings is 2. The van der Waals surface area contributed by atoms with Crippen LogP contribution in [-0.4, -0.2) is 26.6 Å². The van der Waals surface area contributed by atoms with Crippen LogP contribution in [0.3, 0.4) is 0 Å². The molecule has 5 nitrogen and oxygen atoms in total. The van der Waals surface area contributed by atoms with Gasteiger partial charge in [-0.2, -0.15) is 0 Å². The van der Waals surface area contributed by atoms with Gasteiger partial charge >= 0.3 is 0 Å². The summed E-state index contributed by atoms with van der Waals surface area (Å²) in [6, 6.07) is 10.7. The molecule has 1 amide bonds. The molecule has 29 heavy (non-hydrogen) atoms. The lowest BCUT2D eigenvalue weighted by atomic mass is 9.99. The van der Waals surface area contributed by atoms with Gasteiger partial charge in [0.05, 0.1) is 18.0 Å². The third-order valence-electron chi connectivity index (χ3n) is 5.19. The average molecular weight is 417 g/mol.